The number of benzene rings is 1. The van der Waals surface area contributed by atoms with Gasteiger partial charge in [0.1, 0.15) is 0 Å². The topological polar surface area (TPSA) is 70.3 Å². The lowest BCUT2D eigenvalue weighted by molar-refractivity contribution is 0.552. The van der Waals surface area contributed by atoms with Crippen molar-refractivity contribution in [2.24, 2.45) is 5.11 Å². The highest BCUT2D eigenvalue weighted by atomic mass is 32.3. The average molecular weight is 188 g/mol. The van der Waals surface area contributed by atoms with E-state index < -0.39 is 15.1 Å². The molecule has 64 valence electrons. The fourth-order valence-corrected chi connectivity index (χ4v) is 1.14. The maximum absolute atomic E-state index is 12.3. The van der Waals surface area contributed by atoms with Crippen LogP contribution < -0.4 is 0 Å². The van der Waals surface area contributed by atoms with Crippen LogP contribution in [0.1, 0.15) is 0 Å². The predicted molar refractivity (Wildman–Crippen MR) is 39.5 cm³/mol. The smallest absolute Gasteiger partial charge is 0.204 e. The third-order valence-corrected chi connectivity index (χ3v) is 2.08. The summed E-state index contributed by atoms with van der Waals surface area (Å²) in [6, 6.07) is 4.62. The molecule has 0 fully saturated rings. The maximum Gasteiger partial charge on any atom is 0.332 e. The SMILES string of the molecule is N=Nc1ccc(S(=O)(=O)F)cc1. The van der Waals surface area contributed by atoms with Gasteiger partial charge in [-0.3, -0.25) is 0 Å². The summed E-state index contributed by atoms with van der Waals surface area (Å²) in [5.41, 5.74) is 6.83. The largest absolute Gasteiger partial charge is 0.332 e. The molecule has 0 aliphatic rings. The first kappa shape index (κ1) is 8.79. The average Bonchev–Trinajstić information content (AvgIpc) is 2.03. The molecule has 0 unspecified atom stereocenters. The molecule has 0 spiro atoms. The summed E-state index contributed by atoms with van der Waals surface area (Å²) in [6.07, 6.45) is 0. The second kappa shape index (κ2) is 2.98. The van der Waals surface area contributed by atoms with Gasteiger partial charge in [0, 0.05) is 0 Å². The Morgan fingerprint density at radius 1 is 1.25 bits per heavy atom. The van der Waals surface area contributed by atoms with Crippen LogP contribution in [0.5, 0.6) is 0 Å². The van der Waals surface area contributed by atoms with Gasteiger partial charge in [-0.25, -0.2) is 5.53 Å². The predicted octanol–water partition coefficient (Wildman–Crippen LogP) is 2.01. The van der Waals surface area contributed by atoms with E-state index in [-0.39, 0.29) is 5.69 Å². The number of hydrogen-bond donors (Lipinski definition) is 1. The van der Waals surface area contributed by atoms with E-state index >= 15 is 0 Å². The van der Waals surface area contributed by atoms with E-state index in [0.717, 1.165) is 12.1 Å². The number of rotatable bonds is 2. The molecule has 0 aliphatic carbocycles. The third-order valence-electron chi connectivity index (χ3n) is 1.25. The second-order valence-corrected chi connectivity index (χ2v) is 3.39. The van der Waals surface area contributed by atoms with Gasteiger partial charge in [0.2, 0.25) is 0 Å². The van der Waals surface area contributed by atoms with Gasteiger partial charge in [0.15, 0.2) is 0 Å². The van der Waals surface area contributed by atoms with E-state index in [0.29, 0.717) is 0 Å². The van der Waals surface area contributed by atoms with Gasteiger partial charge in [-0.15, -0.1) is 3.89 Å². The number of nitrogens with one attached hydrogen (secondary N) is 1. The number of halogens is 1. The molecule has 12 heavy (non-hydrogen) atoms. The molecule has 0 heterocycles. The van der Waals surface area contributed by atoms with E-state index in [4.69, 9.17) is 5.53 Å². The van der Waals surface area contributed by atoms with Gasteiger partial charge < -0.3 is 0 Å². The molecule has 1 N–H and O–H groups in total. The molecule has 1 rings (SSSR count). The Morgan fingerprint density at radius 2 is 1.75 bits per heavy atom. The molecule has 0 saturated carbocycles. The first-order valence-corrected chi connectivity index (χ1v) is 4.34. The lowest BCUT2D eigenvalue weighted by Gasteiger charge is -1.93. The summed E-state index contributed by atoms with van der Waals surface area (Å²) in [4.78, 5) is -0.421. The van der Waals surface area contributed by atoms with Crippen molar-refractivity contribution in [1.29, 1.82) is 5.53 Å². The highest BCUT2D eigenvalue weighted by Crippen LogP contribution is 2.17. The molecule has 0 aromatic heterocycles. The zero-order valence-corrected chi connectivity index (χ0v) is 6.68. The molecule has 1 aromatic carbocycles. The Kier molecular flexibility index (Phi) is 2.18. The Hall–Kier alpha value is -1.30. The van der Waals surface area contributed by atoms with Crippen molar-refractivity contribution >= 4 is 15.9 Å². The first-order valence-electron chi connectivity index (χ1n) is 2.96. The van der Waals surface area contributed by atoms with Crippen LogP contribution in [0.2, 0.25) is 0 Å². The molecule has 1 aromatic rings. The zero-order valence-electron chi connectivity index (χ0n) is 5.86. The summed E-state index contributed by atoms with van der Waals surface area (Å²) in [5, 5.41) is 3.03. The monoisotopic (exact) mass is 188 g/mol. The minimum atomic E-state index is -4.63. The molecule has 4 nitrogen and oxygen atoms in total. The van der Waals surface area contributed by atoms with Crippen LogP contribution in [0, 0.1) is 5.53 Å². The van der Waals surface area contributed by atoms with Gasteiger partial charge >= 0.3 is 10.2 Å². The quantitative estimate of drug-likeness (QED) is 0.569. The Morgan fingerprint density at radius 3 is 2.08 bits per heavy atom. The summed E-state index contributed by atoms with van der Waals surface area (Å²) in [5.74, 6) is 0. The minimum absolute atomic E-state index is 0.280. The van der Waals surface area contributed by atoms with Crippen LogP contribution in [0.3, 0.4) is 0 Å². The summed E-state index contributed by atoms with van der Waals surface area (Å²) in [7, 11) is -4.63. The van der Waals surface area contributed by atoms with Crippen molar-refractivity contribution in [1.82, 2.24) is 0 Å². The maximum atomic E-state index is 12.3. The van der Waals surface area contributed by atoms with Crippen LogP contribution >= 0.6 is 0 Å². The molecule has 0 amide bonds. The van der Waals surface area contributed by atoms with Crippen molar-refractivity contribution in [2.45, 2.75) is 4.90 Å². The Labute approximate surface area is 68.8 Å². The van der Waals surface area contributed by atoms with E-state index in [1.165, 1.54) is 12.1 Å². The van der Waals surface area contributed by atoms with Crippen molar-refractivity contribution in [3.63, 3.8) is 0 Å². The van der Waals surface area contributed by atoms with Crippen LogP contribution in [-0.4, -0.2) is 8.42 Å². The molecule has 0 atom stereocenters. The van der Waals surface area contributed by atoms with Crippen LogP contribution in [0.15, 0.2) is 34.3 Å². The highest BCUT2D eigenvalue weighted by molar-refractivity contribution is 7.86. The van der Waals surface area contributed by atoms with Crippen LogP contribution in [0.25, 0.3) is 0 Å². The van der Waals surface area contributed by atoms with E-state index in [1.807, 2.05) is 0 Å². The van der Waals surface area contributed by atoms with Gasteiger partial charge in [-0.1, -0.05) is 0 Å². The summed E-state index contributed by atoms with van der Waals surface area (Å²) in [6.45, 7) is 0. The molecule has 0 saturated heterocycles. The Balaban J connectivity index is 3.17. The van der Waals surface area contributed by atoms with E-state index in [9.17, 15) is 12.3 Å². The fourth-order valence-electron chi connectivity index (χ4n) is 0.683. The van der Waals surface area contributed by atoms with E-state index in [1.54, 1.807) is 0 Å². The lowest BCUT2D eigenvalue weighted by Crippen LogP contribution is -1.89. The molecular formula is C6H5FN2O2S. The fraction of sp³-hybridized carbons (Fsp3) is 0. The molecule has 0 bridgehead atoms. The van der Waals surface area contributed by atoms with Gasteiger partial charge in [-0.05, 0) is 24.3 Å². The Bertz CT molecular complexity index is 385. The lowest BCUT2D eigenvalue weighted by atomic mass is 10.3. The van der Waals surface area contributed by atoms with Crippen molar-refractivity contribution in [3.05, 3.63) is 24.3 Å². The van der Waals surface area contributed by atoms with Gasteiger partial charge in [-0.2, -0.15) is 13.5 Å². The van der Waals surface area contributed by atoms with Gasteiger partial charge in [0.05, 0.1) is 10.6 Å². The second-order valence-electron chi connectivity index (χ2n) is 2.04. The van der Waals surface area contributed by atoms with Crippen molar-refractivity contribution in [2.75, 3.05) is 0 Å². The number of hydrogen-bond acceptors (Lipinski definition) is 4. The molecule has 0 aliphatic heterocycles. The van der Waals surface area contributed by atoms with Crippen LogP contribution in [-0.2, 0) is 10.2 Å². The standard InChI is InChI=1S/C6H5FN2O2S/c7-12(10,11)6-3-1-5(9-8)2-4-6/h1-4,8H. The minimum Gasteiger partial charge on any atom is -0.204 e. The van der Waals surface area contributed by atoms with Gasteiger partial charge in [0.25, 0.3) is 0 Å². The molecular weight excluding hydrogens is 183 g/mol. The first-order chi connectivity index (χ1) is 5.54. The number of nitrogens with zero attached hydrogens (tertiary/aromatic N) is 1. The van der Waals surface area contributed by atoms with Crippen LogP contribution in [0.4, 0.5) is 9.57 Å². The highest BCUT2D eigenvalue weighted by Gasteiger charge is 2.10. The molecule has 6 heteroatoms. The summed E-state index contributed by atoms with van der Waals surface area (Å²) < 4.78 is 32.8. The summed E-state index contributed by atoms with van der Waals surface area (Å²) >= 11 is 0. The van der Waals surface area contributed by atoms with E-state index in [2.05, 4.69) is 5.11 Å². The van der Waals surface area contributed by atoms with Crippen molar-refractivity contribution in [3.8, 4) is 0 Å². The van der Waals surface area contributed by atoms with Crippen molar-refractivity contribution < 1.29 is 12.3 Å². The molecule has 0 radical (unpaired) electrons. The zero-order chi connectivity index (χ0) is 9.19. The normalized spacial score (nSPS) is 11.1. The third kappa shape index (κ3) is 1.85.